The quantitative estimate of drug-likeness (QED) is 0.350. The van der Waals surface area contributed by atoms with Crippen molar-refractivity contribution >= 4 is 12.2 Å². The largest absolute Gasteiger partial charge is 0.0837 e. The molecule has 0 nitrogen and oxygen atoms in total. The van der Waals surface area contributed by atoms with Gasteiger partial charge in [0, 0.05) is 0 Å². The number of hydrogen-bond acceptors (Lipinski definition) is 0. The van der Waals surface area contributed by atoms with E-state index in [1.807, 2.05) is 0 Å². The summed E-state index contributed by atoms with van der Waals surface area (Å²) in [4.78, 5) is 0. The second-order valence-electron chi connectivity index (χ2n) is 10.7. The molecular weight excluding hydrogens is 384 g/mol. The van der Waals surface area contributed by atoms with Crippen LogP contribution in [0.15, 0.2) is 60.7 Å². The molecule has 0 heteroatoms. The van der Waals surface area contributed by atoms with Crippen LogP contribution in [0.3, 0.4) is 0 Å². The molecule has 0 atom stereocenters. The maximum atomic E-state index is 2.27. The summed E-state index contributed by atoms with van der Waals surface area (Å²) in [5, 5.41) is 0. The maximum absolute atomic E-state index is 2.27. The van der Waals surface area contributed by atoms with E-state index in [1.54, 1.807) is 0 Å². The molecule has 0 heterocycles. The zero-order valence-electron chi connectivity index (χ0n) is 22.1. The molecule has 0 amide bonds. The van der Waals surface area contributed by atoms with Gasteiger partial charge in [-0.15, -0.1) is 0 Å². The van der Waals surface area contributed by atoms with Crippen LogP contribution in [0.2, 0.25) is 0 Å². The first-order chi connectivity index (χ1) is 15.2. The summed E-state index contributed by atoms with van der Waals surface area (Å²) < 4.78 is 0. The molecule has 176 valence electrons. The highest BCUT2D eigenvalue weighted by Gasteiger charge is 1.98. The van der Waals surface area contributed by atoms with Gasteiger partial charge in [-0.2, -0.15) is 0 Å². The minimum Gasteiger partial charge on any atom is -0.0837 e. The first-order valence-electron chi connectivity index (χ1n) is 12.7. The van der Waals surface area contributed by atoms with Crippen molar-refractivity contribution in [2.24, 2.45) is 23.7 Å². The van der Waals surface area contributed by atoms with E-state index in [1.165, 1.54) is 35.1 Å². The van der Waals surface area contributed by atoms with Crippen molar-refractivity contribution in [2.75, 3.05) is 0 Å². The molecule has 0 saturated carbocycles. The first-order valence-corrected chi connectivity index (χ1v) is 12.7. The summed E-state index contributed by atoms with van der Waals surface area (Å²) in [7, 11) is 0. The van der Waals surface area contributed by atoms with Gasteiger partial charge < -0.3 is 0 Å². The molecule has 0 aliphatic rings. The Balaban J connectivity index is 0.000000320. The SMILES string of the molecule is CC(C)C/C=C/c1ccc(CC(C)C)cc1.CC(C)C/C=C/c1ccc(CC(C)C)cc1. The molecule has 2 aromatic carbocycles. The van der Waals surface area contributed by atoms with E-state index in [0.717, 1.165) is 36.5 Å². The van der Waals surface area contributed by atoms with Crippen LogP contribution >= 0.6 is 0 Å². The van der Waals surface area contributed by atoms with Crippen molar-refractivity contribution in [1.29, 1.82) is 0 Å². The molecule has 2 rings (SSSR count). The molecule has 0 spiro atoms. The van der Waals surface area contributed by atoms with Gasteiger partial charge >= 0.3 is 0 Å². The van der Waals surface area contributed by atoms with Crippen LogP contribution in [-0.4, -0.2) is 0 Å². The van der Waals surface area contributed by atoms with E-state index >= 15 is 0 Å². The fourth-order valence-electron chi connectivity index (χ4n) is 3.43. The summed E-state index contributed by atoms with van der Waals surface area (Å²) >= 11 is 0. The van der Waals surface area contributed by atoms with E-state index < -0.39 is 0 Å². The van der Waals surface area contributed by atoms with Crippen LogP contribution in [-0.2, 0) is 12.8 Å². The molecule has 0 unspecified atom stereocenters. The lowest BCUT2D eigenvalue weighted by atomic mass is 10.0. The highest BCUT2D eigenvalue weighted by Crippen LogP contribution is 2.13. The third-order valence-electron chi connectivity index (χ3n) is 5.08. The van der Waals surface area contributed by atoms with Gasteiger partial charge in [-0.3, -0.25) is 0 Å². The molecule has 0 aliphatic carbocycles. The highest BCUT2D eigenvalue weighted by molar-refractivity contribution is 5.50. The zero-order chi connectivity index (χ0) is 23.9. The predicted octanol–water partition coefficient (Wildman–Crippen LogP) is 9.89. The van der Waals surface area contributed by atoms with Crippen LogP contribution < -0.4 is 0 Å². The van der Waals surface area contributed by atoms with Crippen molar-refractivity contribution in [3.8, 4) is 0 Å². The monoisotopic (exact) mass is 432 g/mol. The molecule has 0 radical (unpaired) electrons. The summed E-state index contributed by atoms with van der Waals surface area (Å²) in [6.45, 7) is 18.0. The standard InChI is InChI=1S/2C16H24/c2*1-13(2)6-5-7-15-8-10-16(11-9-15)12-14(3)4/h2*5,7-11,13-14H,6,12H2,1-4H3/b2*7-5+. The summed E-state index contributed by atoms with van der Waals surface area (Å²) in [6, 6.07) is 17.8. The second kappa shape index (κ2) is 15.7. The van der Waals surface area contributed by atoms with E-state index in [2.05, 4.69) is 128 Å². The van der Waals surface area contributed by atoms with Crippen LogP contribution in [0.25, 0.3) is 12.2 Å². The Morgan fingerprint density at radius 1 is 0.469 bits per heavy atom. The smallest absolute Gasteiger partial charge is 0.0256 e. The van der Waals surface area contributed by atoms with Gasteiger partial charge in [-0.25, -0.2) is 0 Å². The predicted molar refractivity (Wildman–Crippen MR) is 147 cm³/mol. The lowest BCUT2D eigenvalue weighted by molar-refractivity contribution is 0.647. The molecule has 0 aliphatic heterocycles. The average molecular weight is 433 g/mol. The molecule has 32 heavy (non-hydrogen) atoms. The van der Waals surface area contributed by atoms with E-state index in [4.69, 9.17) is 0 Å². The fraction of sp³-hybridized carbons (Fsp3) is 0.500. The number of rotatable bonds is 10. The Hall–Kier alpha value is -2.08. The lowest BCUT2D eigenvalue weighted by Crippen LogP contribution is -1.93. The third-order valence-corrected chi connectivity index (χ3v) is 5.08. The minimum atomic E-state index is 0.738. The van der Waals surface area contributed by atoms with E-state index in [-0.39, 0.29) is 0 Å². The third kappa shape index (κ3) is 14.1. The topological polar surface area (TPSA) is 0 Å². The van der Waals surface area contributed by atoms with Crippen molar-refractivity contribution in [1.82, 2.24) is 0 Å². The van der Waals surface area contributed by atoms with Crippen LogP contribution in [0.1, 0.15) is 90.5 Å². The van der Waals surface area contributed by atoms with Crippen LogP contribution in [0.5, 0.6) is 0 Å². The normalized spacial score (nSPS) is 11.9. The Morgan fingerprint density at radius 2 is 0.781 bits per heavy atom. The summed E-state index contributed by atoms with van der Waals surface area (Å²) in [5.41, 5.74) is 5.51. The molecule has 0 bridgehead atoms. The fourth-order valence-corrected chi connectivity index (χ4v) is 3.43. The minimum absolute atomic E-state index is 0.738. The Kier molecular flexibility index (Phi) is 13.7. The van der Waals surface area contributed by atoms with Crippen LogP contribution in [0.4, 0.5) is 0 Å². The number of benzene rings is 2. The highest BCUT2D eigenvalue weighted by atomic mass is 14.0. The number of hydrogen-bond donors (Lipinski definition) is 0. The lowest BCUT2D eigenvalue weighted by Gasteiger charge is -2.04. The van der Waals surface area contributed by atoms with Crippen molar-refractivity contribution in [2.45, 2.75) is 81.1 Å². The molecule has 0 N–H and O–H groups in total. The average Bonchev–Trinajstić information content (AvgIpc) is 2.70. The van der Waals surface area contributed by atoms with Gasteiger partial charge in [0.15, 0.2) is 0 Å². The molecule has 2 aromatic rings. The van der Waals surface area contributed by atoms with Gasteiger partial charge in [0.05, 0.1) is 0 Å². The van der Waals surface area contributed by atoms with Crippen LogP contribution in [0, 0.1) is 23.7 Å². The first kappa shape index (κ1) is 28.0. The van der Waals surface area contributed by atoms with Gasteiger partial charge in [0.1, 0.15) is 0 Å². The van der Waals surface area contributed by atoms with Crippen molar-refractivity contribution in [3.63, 3.8) is 0 Å². The zero-order valence-corrected chi connectivity index (χ0v) is 22.1. The second-order valence-corrected chi connectivity index (χ2v) is 10.7. The Bertz CT molecular complexity index is 698. The van der Waals surface area contributed by atoms with Gasteiger partial charge in [-0.1, -0.05) is 128 Å². The molecular formula is C32H48. The Labute approximate surface area is 199 Å². The van der Waals surface area contributed by atoms with Gasteiger partial charge in [-0.05, 0) is 71.6 Å². The summed E-state index contributed by atoms with van der Waals surface area (Å²) in [6.07, 6.45) is 13.6. The van der Waals surface area contributed by atoms with Gasteiger partial charge in [0.25, 0.3) is 0 Å². The van der Waals surface area contributed by atoms with Crippen molar-refractivity contribution in [3.05, 3.63) is 82.9 Å². The van der Waals surface area contributed by atoms with E-state index in [0.29, 0.717) is 0 Å². The van der Waals surface area contributed by atoms with Crippen molar-refractivity contribution < 1.29 is 0 Å². The summed E-state index contributed by atoms with van der Waals surface area (Å²) in [5.74, 6) is 2.97. The molecule has 0 aromatic heterocycles. The van der Waals surface area contributed by atoms with Gasteiger partial charge in [0.2, 0.25) is 0 Å². The van der Waals surface area contributed by atoms with E-state index in [9.17, 15) is 0 Å². The number of allylic oxidation sites excluding steroid dienone is 2. The maximum Gasteiger partial charge on any atom is -0.0256 e. The Morgan fingerprint density at radius 3 is 1.03 bits per heavy atom. The molecule has 0 saturated heterocycles. The molecule has 0 fully saturated rings.